The number of rotatable bonds is 3. The van der Waals surface area contributed by atoms with Crippen LogP contribution in [0.15, 0.2) is 16.6 Å². The lowest BCUT2D eigenvalue weighted by molar-refractivity contribution is 0.300. The standard InChI is InChI=1S/C14H18BrF2N/c1-9-2-4-10(5-3-9)8-18-14-12(15)6-11(16)7-13(14)17/h6-7,9-10,18H,2-5,8H2,1H3. The van der Waals surface area contributed by atoms with Gasteiger partial charge in [0.2, 0.25) is 0 Å². The highest BCUT2D eigenvalue weighted by Gasteiger charge is 2.19. The molecule has 1 aromatic rings. The van der Waals surface area contributed by atoms with E-state index in [1.165, 1.54) is 31.7 Å². The number of anilines is 1. The van der Waals surface area contributed by atoms with Crippen molar-refractivity contribution in [3.05, 3.63) is 28.2 Å². The van der Waals surface area contributed by atoms with Crippen molar-refractivity contribution in [2.24, 2.45) is 11.8 Å². The molecule has 18 heavy (non-hydrogen) atoms. The molecular weight excluding hydrogens is 300 g/mol. The molecule has 1 aromatic carbocycles. The minimum atomic E-state index is -0.559. The number of hydrogen-bond acceptors (Lipinski definition) is 1. The van der Waals surface area contributed by atoms with Gasteiger partial charge in [-0.3, -0.25) is 0 Å². The summed E-state index contributed by atoms with van der Waals surface area (Å²) >= 11 is 3.19. The van der Waals surface area contributed by atoms with Crippen molar-refractivity contribution in [2.45, 2.75) is 32.6 Å². The molecule has 1 nitrogen and oxygen atoms in total. The van der Waals surface area contributed by atoms with Gasteiger partial charge in [-0.05, 0) is 46.7 Å². The second-order valence-corrected chi connectivity index (χ2v) is 6.11. The van der Waals surface area contributed by atoms with E-state index in [-0.39, 0.29) is 0 Å². The highest BCUT2D eigenvalue weighted by molar-refractivity contribution is 9.10. The zero-order valence-corrected chi connectivity index (χ0v) is 12.1. The summed E-state index contributed by atoms with van der Waals surface area (Å²) in [5, 5.41) is 3.10. The molecule has 0 amide bonds. The molecule has 0 aliphatic heterocycles. The predicted octanol–water partition coefficient (Wildman–Crippen LogP) is 4.97. The first-order chi connectivity index (χ1) is 8.56. The lowest BCUT2D eigenvalue weighted by atomic mass is 9.83. The van der Waals surface area contributed by atoms with E-state index in [2.05, 4.69) is 28.2 Å². The van der Waals surface area contributed by atoms with Crippen LogP contribution in [0.3, 0.4) is 0 Å². The van der Waals surface area contributed by atoms with E-state index in [0.29, 0.717) is 16.1 Å². The molecule has 1 aliphatic carbocycles. The molecule has 0 bridgehead atoms. The van der Waals surface area contributed by atoms with Gasteiger partial charge in [0, 0.05) is 17.1 Å². The molecule has 1 saturated carbocycles. The van der Waals surface area contributed by atoms with Gasteiger partial charge >= 0.3 is 0 Å². The van der Waals surface area contributed by atoms with Crippen LogP contribution in [0.4, 0.5) is 14.5 Å². The third kappa shape index (κ3) is 3.44. The summed E-state index contributed by atoms with van der Waals surface area (Å²) in [7, 11) is 0. The minimum Gasteiger partial charge on any atom is -0.381 e. The summed E-state index contributed by atoms with van der Waals surface area (Å²) in [6.07, 6.45) is 4.88. The van der Waals surface area contributed by atoms with Crippen molar-refractivity contribution in [1.29, 1.82) is 0 Å². The number of nitrogens with one attached hydrogen (secondary N) is 1. The highest BCUT2D eigenvalue weighted by Crippen LogP contribution is 2.31. The van der Waals surface area contributed by atoms with Crippen LogP contribution in [0.1, 0.15) is 32.6 Å². The van der Waals surface area contributed by atoms with E-state index in [0.717, 1.165) is 18.5 Å². The zero-order valence-electron chi connectivity index (χ0n) is 10.5. The third-order valence-electron chi connectivity index (χ3n) is 3.71. The number of hydrogen-bond donors (Lipinski definition) is 1. The molecule has 0 atom stereocenters. The fourth-order valence-corrected chi connectivity index (χ4v) is 3.04. The van der Waals surface area contributed by atoms with Crippen molar-refractivity contribution >= 4 is 21.6 Å². The van der Waals surface area contributed by atoms with E-state index in [1.54, 1.807) is 0 Å². The lowest BCUT2D eigenvalue weighted by Crippen LogP contribution is -2.20. The van der Waals surface area contributed by atoms with Crippen LogP contribution in [-0.4, -0.2) is 6.54 Å². The fraction of sp³-hybridized carbons (Fsp3) is 0.571. The third-order valence-corrected chi connectivity index (χ3v) is 4.34. The van der Waals surface area contributed by atoms with Crippen LogP contribution in [0.5, 0.6) is 0 Å². The van der Waals surface area contributed by atoms with Crippen molar-refractivity contribution < 1.29 is 8.78 Å². The largest absolute Gasteiger partial charge is 0.381 e. The topological polar surface area (TPSA) is 12.0 Å². The molecular formula is C14H18BrF2N. The first-order valence-corrected chi connectivity index (χ1v) is 7.24. The molecule has 4 heteroatoms. The molecule has 0 spiro atoms. The second-order valence-electron chi connectivity index (χ2n) is 5.25. The van der Waals surface area contributed by atoms with Crippen molar-refractivity contribution in [3.8, 4) is 0 Å². The second kappa shape index (κ2) is 6.00. The first-order valence-electron chi connectivity index (χ1n) is 6.44. The van der Waals surface area contributed by atoms with Crippen LogP contribution in [0, 0.1) is 23.5 Å². The molecule has 2 rings (SSSR count). The molecule has 0 radical (unpaired) electrons. The lowest BCUT2D eigenvalue weighted by Gasteiger charge is -2.26. The monoisotopic (exact) mass is 317 g/mol. The Labute approximate surface area is 115 Å². The van der Waals surface area contributed by atoms with Gasteiger partial charge in [-0.1, -0.05) is 19.8 Å². The van der Waals surface area contributed by atoms with Crippen molar-refractivity contribution in [1.82, 2.24) is 0 Å². The summed E-state index contributed by atoms with van der Waals surface area (Å²) in [5.74, 6) is 0.315. The Balaban J connectivity index is 1.94. The normalized spacial score (nSPS) is 24.0. The van der Waals surface area contributed by atoms with Crippen LogP contribution in [0.2, 0.25) is 0 Å². The van der Waals surface area contributed by atoms with Crippen molar-refractivity contribution in [2.75, 3.05) is 11.9 Å². The minimum absolute atomic E-state index is 0.370. The maximum absolute atomic E-state index is 13.6. The Morgan fingerprint density at radius 1 is 1.22 bits per heavy atom. The zero-order chi connectivity index (χ0) is 13.1. The van der Waals surface area contributed by atoms with Gasteiger partial charge < -0.3 is 5.32 Å². The van der Waals surface area contributed by atoms with E-state index in [4.69, 9.17) is 0 Å². The molecule has 0 aromatic heterocycles. The molecule has 0 saturated heterocycles. The summed E-state index contributed by atoms with van der Waals surface area (Å²) < 4.78 is 27.0. The predicted molar refractivity (Wildman–Crippen MR) is 73.7 cm³/mol. The number of benzene rings is 1. The van der Waals surface area contributed by atoms with Gasteiger partial charge in [0.25, 0.3) is 0 Å². The van der Waals surface area contributed by atoms with E-state index < -0.39 is 11.6 Å². The Morgan fingerprint density at radius 2 is 1.89 bits per heavy atom. The van der Waals surface area contributed by atoms with Gasteiger partial charge in [0.1, 0.15) is 11.6 Å². The van der Waals surface area contributed by atoms with E-state index in [1.807, 2.05) is 0 Å². The van der Waals surface area contributed by atoms with Crippen molar-refractivity contribution in [3.63, 3.8) is 0 Å². The van der Waals surface area contributed by atoms with Gasteiger partial charge in [-0.15, -0.1) is 0 Å². The summed E-state index contributed by atoms with van der Waals surface area (Å²) in [6.45, 7) is 3.04. The van der Waals surface area contributed by atoms with Crippen LogP contribution >= 0.6 is 15.9 Å². The Hall–Kier alpha value is -0.640. The Morgan fingerprint density at radius 3 is 2.50 bits per heavy atom. The maximum atomic E-state index is 13.6. The molecule has 0 unspecified atom stereocenters. The quantitative estimate of drug-likeness (QED) is 0.830. The SMILES string of the molecule is CC1CCC(CNc2c(F)cc(F)cc2Br)CC1. The van der Waals surface area contributed by atoms with Gasteiger partial charge in [-0.25, -0.2) is 8.78 Å². The Kier molecular flexibility index (Phi) is 4.60. The van der Waals surface area contributed by atoms with E-state index >= 15 is 0 Å². The van der Waals surface area contributed by atoms with Crippen LogP contribution in [0.25, 0.3) is 0 Å². The van der Waals surface area contributed by atoms with Crippen LogP contribution in [-0.2, 0) is 0 Å². The number of halogens is 3. The highest BCUT2D eigenvalue weighted by atomic mass is 79.9. The molecule has 100 valence electrons. The summed E-state index contributed by atoms with van der Waals surface area (Å²) in [5.41, 5.74) is 0.370. The molecule has 1 aliphatic rings. The van der Waals surface area contributed by atoms with Crippen LogP contribution < -0.4 is 5.32 Å². The van der Waals surface area contributed by atoms with Gasteiger partial charge in [-0.2, -0.15) is 0 Å². The molecule has 1 fully saturated rings. The summed E-state index contributed by atoms with van der Waals surface area (Å²) in [4.78, 5) is 0. The smallest absolute Gasteiger partial charge is 0.150 e. The van der Waals surface area contributed by atoms with Gasteiger partial charge in [0.05, 0.1) is 5.69 Å². The van der Waals surface area contributed by atoms with E-state index in [9.17, 15) is 8.78 Å². The Bertz CT molecular complexity index is 391. The average molecular weight is 318 g/mol. The average Bonchev–Trinajstić information content (AvgIpc) is 2.30. The fourth-order valence-electron chi connectivity index (χ4n) is 2.49. The maximum Gasteiger partial charge on any atom is 0.150 e. The van der Waals surface area contributed by atoms with Gasteiger partial charge in [0.15, 0.2) is 0 Å². The summed E-state index contributed by atoms with van der Waals surface area (Å²) in [6, 6.07) is 2.20. The molecule has 0 heterocycles. The molecule has 1 N–H and O–H groups in total. The first kappa shape index (κ1) is 13.8.